The number of rotatable bonds is 3. The molecule has 26 heavy (non-hydrogen) atoms. The van der Waals surface area contributed by atoms with E-state index < -0.39 is 0 Å². The fourth-order valence-corrected chi connectivity index (χ4v) is 3.99. The number of carbonyl (C=O) groups is 1. The van der Waals surface area contributed by atoms with Crippen LogP contribution < -0.4 is 5.32 Å². The summed E-state index contributed by atoms with van der Waals surface area (Å²) >= 11 is 1.42. The Hall–Kier alpha value is -2.60. The van der Waals surface area contributed by atoms with Gasteiger partial charge in [0.25, 0.3) is 0 Å². The van der Waals surface area contributed by atoms with E-state index in [0.29, 0.717) is 5.75 Å². The van der Waals surface area contributed by atoms with Gasteiger partial charge < -0.3 is 5.32 Å². The summed E-state index contributed by atoms with van der Waals surface area (Å²) in [4.78, 5) is 17.1. The van der Waals surface area contributed by atoms with Gasteiger partial charge in [0, 0.05) is 23.9 Å². The predicted molar refractivity (Wildman–Crippen MR) is 108 cm³/mol. The van der Waals surface area contributed by atoms with E-state index in [9.17, 15) is 4.79 Å². The molecule has 5 nitrogen and oxygen atoms in total. The first-order valence-electron chi connectivity index (χ1n) is 8.61. The molecular weight excluding hydrogens is 344 g/mol. The highest BCUT2D eigenvalue weighted by Crippen LogP contribution is 2.40. The van der Waals surface area contributed by atoms with Crippen molar-refractivity contribution in [3.63, 3.8) is 0 Å². The maximum absolute atomic E-state index is 12.4. The molecule has 1 N–H and O–H groups in total. The first-order valence-corrected chi connectivity index (χ1v) is 9.60. The third-order valence-corrected chi connectivity index (χ3v) is 5.69. The number of amides is 1. The Bertz CT molecular complexity index is 922. The Kier molecular flexibility index (Phi) is 4.51. The second kappa shape index (κ2) is 6.96. The molecule has 0 aromatic heterocycles. The van der Waals surface area contributed by atoms with Crippen molar-refractivity contribution in [2.75, 3.05) is 11.1 Å². The second-order valence-electron chi connectivity index (χ2n) is 6.43. The standard InChI is InChI=1S/C20H20N4OS/c1-13-6-5-9-16(14(13)2)22-19(25)12-26-20-23-17-8-4-3-7-15(17)18-10-11-21-24(18)20/h3-9,11,18H,10,12H2,1-2H3,(H,22,25). The van der Waals surface area contributed by atoms with Gasteiger partial charge in [-0.05, 0) is 37.1 Å². The topological polar surface area (TPSA) is 57.1 Å². The van der Waals surface area contributed by atoms with Crippen LogP contribution >= 0.6 is 11.8 Å². The van der Waals surface area contributed by atoms with Crippen LogP contribution in [0, 0.1) is 13.8 Å². The zero-order chi connectivity index (χ0) is 18.1. The molecule has 1 unspecified atom stereocenters. The number of anilines is 1. The van der Waals surface area contributed by atoms with Crippen LogP contribution in [0.25, 0.3) is 0 Å². The molecule has 0 saturated heterocycles. The Morgan fingerprint density at radius 3 is 2.96 bits per heavy atom. The van der Waals surface area contributed by atoms with Crippen molar-refractivity contribution in [2.24, 2.45) is 10.1 Å². The Balaban J connectivity index is 1.47. The molecule has 2 aliphatic heterocycles. The molecule has 132 valence electrons. The van der Waals surface area contributed by atoms with Crippen molar-refractivity contribution < 1.29 is 4.79 Å². The third kappa shape index (κ3) is 3.12. The molecule has 0 fully saturated rings. The largest absolute Gasteiger partial charge is 0.325 e. The summed E-state index contributed by atoms with van der Waals surface area (Å²) in [6, 6.07) is 14.2. The minimum atomic E-state index is -0.0371. The smallest absolute Gasteiger partial charge is 0.234 e. The van der Waals surface area contributed by atoms with Crippen LogP contribution in [-0.2, 0) is 4.79 Å². The zero-order valence-corrected chi connectivity index (χ0v) is 15.6. The van der Waals surface area contributed by atoms with Crippen LogP contribution in [0.1, 0.15) is 29.2 Å². The molecule has 1 amide bonds. The van der Waals surface area contributed by atoms with Crippen molar-refractivity contribution in [3.8, 4) is 0 Å². The van der Waals surface area contributed by atoms with Gasteiger partial charge in [-0.3, -0.25) is 4.79 Å². The van der Waals surface area contributed by atoms with E-state index in [1.165, 1.54) is 17.3 Å². The highest BCUT2D eigenvalue weighted by molar-refractivity contribution is 8.14. The third-order valence-electron chi connectivity index (χ3n) is 4.75. The molecule has 0 aliphatic carbocycles. The van der Waals surface area contributed by atoms with Crippen molar-refractivity contribution >= 4 is 40.4 Å². The van der Waals surface area contributed by atoms with Gasteiger partial charge in [0.15, 0.2) is 5.17 Å². The quantitative estimate of drug-likeness (QED) is 0.878. The summed E-state index contributed by atoms with van der Waals surface area (Å²) in [5.74, 6) is 0.262. The SMILES string of the molecule is Cc1cccc(NC(=O)CSC2=Nc3ccccc3C3CC=NN23)c1C. The van der Waals surface area contributed by atoms with E-state index in [2.05, 4.69) is 16.5 Å². The fourth-order valence-electron chi connectivity index (χ4n) is 3.18. The Morgan fingerprint density at radius 2 is 2.08 bits per heavy atom. The molecule has 0 bridgehead atoms. The van der Waals surface area contributed by atoms with Gasteiger partial charge in [-0.15, -0.1) is 0 Å². The maximum Gasteiger partial charge on any atom is 0.234 e. The number of para-hydroxylation sites is 1. The van der Waals surface area contributed by atoms with Gasteiger partial charge in [0.05, 0.1) is 17.5 Å². The van der Waals surface area contributed by atoms with E-state index in [1.807, 2.05) is 61.5 Å². The summed E-state index contributed by atoms with van der Waals surface area (Å²) in [6.07, 6.45) is 2.78. The summed E-state index contributed by atoms with van der Waals surface area (Å²) in [6.45, 7) is 4.06. The minimum Gasteiger partial charge on any atom is -0.325 e. The lowest BCUT2D eigenvalue weighted by Crippen LogP contribution is -2.29. The second-order valence-corrected chi connectivity index (χ2v) is 7.37. The van der Waals surface area contributed by atoms with Crippen molar-refractivity contribution in [2.45, 2.75) is 26.3 Å². The van der Waals surface area contributed by atoms with Crippen molar-refractivity contribution in [1.29, 1.82) is 0 Å². The normalized spacial score (nSPS) is 17.5. The van der Waals surface area contributed by atoms with Crippen LogP contribution in [0.15, 0.2) is 52.6 Å². The molecular formula is C20H20N4OS. The first kappa shape index (κ1) is 16.8. The van der Waals surface area contributed by atoms with Gasteiger partial charge in [-0.25, -0.2) is 10.0 Å². The van der Waals surface area contributed by atoms with E-state index in [-0.39, 0.29) is 11.9 Å². The first-order chi connectivity index (χ1) is 12.6. The highest BCUT2D eigenvalue weighted by Gasteiger charge is 2.32. The number of hydrazone groups is 1. The molecule has 0 saturated carbocycles. The summed E-state index contributed by atoms with van der Waals surface area (Å²) in [5, 5.41) is 10.2. The molecule has 2 aromatic carbocycles. The minimum absolute atomic E-state index is 0.0371. The van der Waals surface area contributed by atoms with E-state index in [4.69, 9.17) is 4.99 Å². The van der Waals surface area contributed by atoms with Crippen molar-refractivity contribution in [1.82, 2.24) is 5.01 Å². The molecule has 4 rings (SSSR count). The Labute approximate surface area is 157 Å². The number of benzene rings is 2. The summed E-state index contributed by atoms with van der Waals surface area (Å²) in [5.41, 5.74) is 5.28. The van der Waals surface area contributed by atoms with E-state index in [0.717, 1.165) is 34.1 Å². The fraction of sp³-hybridized carbons (Fsp3) is 0.250. The van der Waals surface area contributed by atoms with Gasteiger partial charge in [-0.1, -0.05) is 42.1 Å². The maximum atomic E-state index is 12.4. The number of nitrogens with zero attached hydrogens (tertiary/aromatic N) is 3. The average Bonchev–Trinajstić information content (AvgIpc) is 3.14. The van der Waals surface area contributed by atoms with Crippen LogP contribution in [0.2, 0.25) is 0 Å². The molecule has 0 spiro atoms. The van der Waals surface area contributed by atoms with Gasteiger partial charge in [0.2, 0.25) is 5.91 Å². The number of hydrogen-bond donors (Lipinski definition) is 1. The number of hydrogen-bond acceptors (Lipinski definition) is 5. The lowest BCUT2D eigenvalue weighted by Gasteiger charge is -2.29. The van der Waals surface area contributed by atoms with Crippen LogP contribution in [-0.4, -0.2) is 28.1 Å². The van der Waals surface area contributed by atoms with E-state index >= 15 is 0 Å². The molecule has 2 aromatic rings. The Morgan fingerprint density at radius 1 is 1.23 bits per heavy atom. The zero-order valence-electron chi connectivity index (χ0n) is 14.8. The molecule has 2 heterocycles. The molecule has 6 heteroatoms. The summed E-state index contributed by atoms with van der Waals surface area (Å²) < 4.78 is 0. The lowest BCUT2D eigenvalue weighted by atomic mass is 10.0. The van der Waals surface area contributed by atoms with Gasteiger partial charge in [0.1, 0.15) is 0 Å². The molecule has 0 radical (unpaired) electrons. The number of fused-ring (bicyclic) bond motifs is 3. The van der Waals surface area contributed by atoms with Gasteiger partial charge in [-0.2, -0.15) is 5.10 Å². The van der Waals surface area contributed by atoms with Crippen LogP contribution in [0.5, 0.6) is 0 Å². The number of carbonyl (C=O) groups excluding carboxylic acids is 1. The number of aliphatic imine (C=N–C) groups is 1. The van der Waals surface area contributed by atoms with Crippen molar-refractivity contribution in [3.05, 3.63) is 59.2 Å². The molecule has 2 aliphatic rings. The summed E-state index contributed by atoms with van der Waals surface area (Å²) in [7, 11) is 0. The number of nitrogens with one attached hydrogen (secondary N) is 1. The van der Waals surface area contributed by atoms with E-state index in [1.54, 1.807) is 0 Å². The monoisotopic (exact) mass is 364 g/mol. The lowest BCUT2D eigenvalue weighted by molar-refractivity contribution is -0.113. The number of amidine groups is 1. The highest BCUT2D eigenvalue weighted by atomic mass is 32.2. The predicted octanol–water partition coefficient (Wildman–Crippen LogP) is 4.41. The molecule has 1 atom stereocenters. The number of thioether (sulfide) groups is 1. The average molecular weight is 364 g/mol. The van der Waals surface area contributed by atoms with Gasteiger partial charge >= 0.3 is 0 Å². The van der Waals surface area contributed by atoms with Crippen LogP contribution in [0.4, 0.5) is 11.4 Å². The van der Waals surface area contributed by atoms with Crippen LogP contribution in [0.3, 0.4) is 0 Å². The number of aryl methyl sites for hydroxylation is 1.